The highest BCUT2D eigenvalue weighted by atomic mass is 16.5. The lowest BCUT2D eigenvalue weighted by Gasteiger charge is -2.25. The Morgan fingerprint density at radius 3 is 1.82 bits per heavy atom. The van der Waals surface area contributed by atoms with Crippen molar-refractivity contribution in [2.24, 2.45) is 0 Å². The van der Waals surface area contributed by atoms with Crippen molar-refractivity contribution in [2.75, 3.05) is 38.7 Å². The van der Waals surface area contributed by atoms with Gasteiger partial charge in [-0.05, 0) is 54.1 Å². The molecule has 0 spiro atoms. The summed E-state index contributed by atoms with van der Waals surface area (Å²) >= 11 is 0. The van der Waals surface area contributed by atoms with Crippen LogP contribution in [0.5, 0.6) is 23.0 Å². The SMILES string of the molecule is COc1ccc(CN(C(=O)c2ccc(C(=O)Nc3ccccc3)cc2)c2cc(OC)c(OC)c(OC)c2)cc1. The fourth-order valence-corrected chi connectivity index (χ4v) is 4.06. The van der Waals surface area contributed by atoms with Crippen molar-refractivity contribution in [3.8, 4) is 23.0 Å². The minimum atomic E-state index is -0.268. The lowest BCUT2D eigenvalue weighted by molar-refractivity contribution is 0.0982. The van der Waals surface area contributed by atoms with Crippen molar-refractivity contribution in [1.82, 2.24) is 0 Å². The van der Waals surface area contributed by atoms with Crippen molar-refractivity contribution < 1.29 is 28.5 Å². The van der Waals surface area contributed by atoms with Crippen molar-refractivity contribution in [1.29, 1.82) is 0 Å². The van der Waals surface area contributed by atoms with E-state index in [1.807, 2.05) is 54.6 Å². The fourth-order valence-electron chi connectivity index (χ4n) is 4.06. The third-order valence-electron chi connectivity index (χ3n) is 6.13. The van der Waals surface area contributed by atoms with E-state index < -0.39 is 0 Å². The topological polar surface area (TPSA) is 86.3 Å². The highest BCUT2D eigenvalue weighted by molar-refractivity contribution is 6.08. The summed E-state index contributed by atoms with van der Waals surface area (Å²) in [4.78, 5) is 28.2. The number of benzene rings is 4. The molecule has 0 aromatic heterocycles. The zero-order valence-electron chi connectivity index (χ0n) is 22.3. The average molecular weight is 527 g/mol. The first-order chi connectivity index (χ1) is 19.0. The summed E-state index contributed by atoms with van der Waals surface area (Å²) < 4.78 is 21.8. The molecule has 8 nitrogen and oxygen atoms in total. The van der Waals surface area contributed by atoms with Crippen LogP contribution in [0.3, 0.4) is 0 Å². The monoisotopic (exact) mass is 526 g/mol. The van der Waals surface area contributed by atoms with Crippen LogP contribution in [0, 0.1) is 0 Å². The Bertz CT molecular complexity index is 1400. The minimum Gasteiger partial charge on any atom is -0.497 e. The van der Waals surface area contributed by atoms with Crippen LogP contribution >= 0.6 is 0 Å². The number of ether oxygens (including phenoxy) is 4. The van der Waals surface area contributed by atoms with Crippen LogP contribution in [0.1, 0.15) is 26.3 Å². The molecule has 4 rings (SSSR count). The van der Waals surface area contributed by atoms with E-state index in [1.54, 1.807) is 48.4 Å². The maximum Gasteiger partial charge on any atom is 0.258 e. The van der Waals surface area contributed by atoms with Crippen LogP contribution in [-0.4, -0.2) is 40.3 Å². The van der Waals surface area contributed by atoms with Crippen LogP contribution < -0.4 is 29.2 Å². The van der Waals surface area contributed by atoms with Gasteiger partial charge >= 0.3 is 0 Å². The van der Waals surface area contributed by atoms with Crippen LogP contribution in [0.2, 0.25) is 0 Å². The van der Waals surface area contributed by atoms with Gasteiger partial charge in [0.2, 0.25) is 5.75 Å². The summed E-state index contributed by atoms with van der Waals surface area (Å²) in [5.41, 5.74) is 2.97. The first-order valence-corrected chi connectivity index (χ1v) is 12.2. The molecule has 2 amide bonds. The summed E-state index contributed by atoms with van der Waals surface area (Å²) in [5.74, 6) is 1.46. The molecule has 0 bridgehead atoms. The molecule has 0 saturated heterocycles. The molecule has 8 heteroatoms. The number of carbonyl (C=O) groups excluding carboxylic acids is 2. The number of carbonyl (C=O) groups is 2. The van der Waals surface area contributed by atoms with E-state index in [0.717, 1.165) is 5.56 Å². The molecule has 39 heavy (non-hydrogen) atoms. The van der Waals surface area contributed by atoms with E-state index in [-0.39, 0.29) is 18.4 Å². The van der Waals surface area contributed by atoms with Gasteiger partial charge in [-0.15, -0.1) is 0 Å². The second kappa shape index (κ2) is 12.5. The molecule has 0 fully saturated rings. The molecule has 4 aromatic carbocycles. The second-order valence-corrected chi connectivity index (χ2v) is 8.52. The van der Waals surface area contributed by atoms with Crippen molar-refractivity contribution in [3.63, 3.8) is 0 Å². The molecule has 0 aliphatic heterocycles. The third-order valence-corrected chi connectivity index (χ3v) is 6.13. The molecule has 0 saturated carbocycles. The number of rotatable bonds is 10. The fraction of sp³-hybridized carbons (Fsp3) is 0.161. The molecule has 0 aliphatic rings. The minimum absolute atomic E-state index is 0.262. The van der Waals surface area contributed by atoms with E-state index in [2.05, 4.69) is 5.32 Å². The maximum absolute atomic E-state index is 13.9. The van der Waals surface area contributed by atoms with E-state index in [4.69, 9.17) is 18.9 Å². The lowest BCUT2D eigenvalue weighted by atomic mass is 10.1. The van der Waals surface area contributed by atoms with Crippen molar-refractivity contribution in [2.45, 2.75) is 6.54 Å². The number of hydrogen-bond acceptors (Lipinski definition) is 6. The molecule has 0 unspecified atom stereocenters. The molecule has 4 aromatic rings. The average Bonchev–Trinajstić information content (AvgIpc) is 2.99. The highest BCUT2D eigenvalue weighted by Gasteiger charge is 2.23. The van der Waals surface area contributed by atoms with Gasteiger partial charge in [-0.3, -0.25) is 9.59 Å². The van der Waals surface area contributed by atoms with Crippen LogP contribution in [0.4, 0.5) is 11.4 Å². The Labute approximate surface area is 227 Å². The molecule has 200 valence electrons. The van der Waals surface area contributed by atoms with E-state index in [1.165, 1.54) is 21.3 Å². The van der Waals surface area contributed by atoms with Gasteiger partial charge in [0, 0.05) is 28.9 Å². The molecule has 0 radical (unpaired) electrons. The van der Waals surface area contributed by atoms with Gasteiger partial charge in [-0.25, -0.2) is 0 Å². The smallest absolute Gasteiger partial charge is 0.258 e. The van der Waals surface area contributed by atoms with Gasteiger partial charge in [0.1, 0.15) is 5.75 Å². The largest absolute Gasteiger partial charge is 0.497 e. The normalized spacial score (nSPS) is 10.4. The number of nitrogens with one attached hydrogen (secondary N) is 1. The first-order valence-electron chi connectivity index (χ1n) is 12.2. The number of amides is 2. The summed E-state index contributed by atoms with van der Waals surface area (Å²) in [6, 6.07) is 26.7. The zero-order valence-corrected chi connectivity index (χ0v) is 22.3. The Balaban J connectivity index is 1.67. The molecule has 0 aliphatic carbocycles. The molecular weight excluding hydrogens is 496 g/mol. The predicted molar refractivity (Wildman–Crippen MR) is 150 cm³/mol. The molecular formula is C31H30N2O6. The summed E-state index contributed by atoms with van der Waals surface area (Å²) in [6.07, 6.45) is 0. The quantitative estimate of drug-likeness (QED) is 0.280. The van der Waals surface area contributed by atoms with Gasteiger partial charge in [0.25, 0.3) is 11.8 Å². The van der Waals surface area contributed by atoms with Gasteiger partial charge in [0.05, 0.1) is 40.7 Å². The number of anilines is 2. The summed E-state index contributed by atoms with van der Waals surface area (Å²) in [7, 11) is 6.17. The van der Waals surface area contributed by atoms with E-state index >= 15 is 0 Å². The maximum atomic E-state index is 13.9. The Hall–Kier alpha value is -4.98. The van der Waals surface area contributed by atoms with Crippen molar-refractivity contribution in [3.05, 3.63) is 108 Å². The van der Waals surface area contributed by atoms with Crippen LogP contribution in [0.15, 0.2) is 91.0 Å². The molecule has 0 heterocycles. The van der Waals surface area contributed by atoms with Gasteiger partial charge in [-0.2, -0.15) is 0 Å². The standard InChI is InChI=1S/C31H30N2O6/c1-36-26-16-10-21(11-17-26)20-33(25-18-27(37-2)29(39-4)28(19-25)38-3)31(35)23-14-12-22(13-15-23)30(34)32-24-8-6-5-7-9-24/h5-19H,20H2,1-4H3,(H,32,34). The number of nitrogens with zero attached hydrogens (tertiary/aromatic N) is 1. The van der Waals surface area contributed by atoms with E-state index in [0.29, 0.717) is 45.5 Å². The van der Waals surface area contributed by atoms with E-state index in [9.17, 15) is 9.59 Å². The Morgan fingerprint density at radius 2 is 1.28 bits per heavy atom. The summed E-state index contributed by atoms with van der Waals surface area (Å²) in [5, 5.41) is 2.85. The zero-order chi connectivity index (χ0) is 27.8. The Kier molecular flexibility index (Phi) is 8.68. The third kappa shape index (κ3) is 6.30. The Morgan fingerprint density at radius 1 is 0.692 bits per heavy atom. The van der Waals surface area contributed by atoms with Gasteiger partial charge in [-0.1, -0.05) is 30.3 Å². The number of hydrogen-bond donors (Lipinski definition) is 1. The van der Waals surface area contributed by atoms with Crippen LogP contribution in [0.25, 0.3) is 0 Å². The molecule has 1 N–H and O–H groups in total. The summed E-state index contributed by atoms with van der Waals surface area (Å²) in [6.45, 7) is 0.262. The van der Waals surface area contributed by atoms with Gasteiger partial charge < -0.3 is 29.2 Å². The highest BCUT2D eigenvalue weighted by Crippen LogP contribution is 2.41. The number of para-hydroxylation sites is 1. The second-order valence-electron chi connectivity index (χ2n) is 8.52. The first kappa shape index (κ1) is 27.1. The molecule has 0 atom stereocenters. The van der Waals surface area contributed by atoms with Crippen LogP contribution in [-0.2, 0) is 6.54 Å². The van der Waals surface area contributed by atoms with Crippen molar-refractivity contribution >= 4 is 23.2 Å². The number of methoxy groups -OCH3 is 4. The van der Waals surface area contributed by atoms with Gasteiger partial charge in [0.15, 0.2) is 11.5 Å². The lowest BCUT2D eigenvalue weighted by Crippen LogP contribution is -2.30. The predicted octanol–water partition coefficient (Wildman–Crippen LogP) is 5.82.